The van der Waals surface area contributed by atoms with Gasteiger partial charge in [0.15, 0.2) is 11.5 Å². The van der Waals surface area contributed by atoms with Crippen LogP contribution in [0.2, 0.25) is 0 Å². The molecule has 8 heteroatoms. The van der Waals surface area contributed by atoms with E-state index >= 15 is 0 Å². The molecule has 0 radical (unpaired) electrons. The lowest BCUT2D eigenvalue weighted by Gasteiger charge is -2.17. The van der Waals surface area contributed by atoms with E-state index in [4.69, 9.17) is 18.9 Å². The van der Waals surface area contributed by atoms with Gasteiger partial charge in [-0.3, -0.25) is 4.79 Å². The molecule has 1 N–H and O–H groups in total. The zero-order chi connectivity index (χ0) is 19.8. The Morgan fingerprint density at radius 3 is 2.11 bits per heavy atom. The number of thiophene rings is 1. The fraction of sp³-hybridized carbons (Fsp3) is 0.368. The fourth-order valence-corrected chi connectivity index (χ4v) is 3.14. The van der Waals surface area contributed by atoms with Crippen LogP contribution in [0.25, 0.3) is 0 Å². The lowest BCUT2D eigenvalue weighted by atomic mass is 10.1. The number of carbonyl (C=O) groups excluding carboxylic acids is 2. The van der Waals surface area contributed by atoms with Gasteiger partial charge in [-0.05, 0) is 44.4 Å². The van der Waals surface area contributed by atoms with Gasteiger partial charge < -0.3 is 24.3 Å². The van der Waals surface area contributed by atoms with Gasteiger partial charge in [-0.25, -0.2) is 4.79 Å². The Morgan fingerprint density at radius 1 is 1.00 bits per heavy atom. The van der Waals surface area contributed by atoms with Crippen molar-refractivity contribution in [3.05, 3.63) is 34.7 Å². The third kappa shape index (κ3) is 4.91. The average molecular weight is 393 g/mol. The maximum absolute atomic E-state index is 12.7. The number of amides is 1. The monoisotopic (exact) mass is 393 g/mol. The molecule has 0 saturated carbocycles. The summed E-state index contributed by atoms with van der Waals surface area (Å²) in [6, 6.07) is 4.79. The number of hydrogen-bond donors (Lipinski definition) is 1. The molecular formula is C19H23NO6S. The zero-order valence-electron chi connectivity index (χ0n) is 15.8. The molecule has 0 spiro atoms. The molecule has 1 heterocycles. The predicted molar refractivity (Wildman–Crippen MR) is 104 cm³/mol. The Balaban J connectivity index is 2.37. The molecule has 7 nitrogen and oxygen atoms in total. The van der Waals surface area contributed by atoms with Crippen molar-refractivity contribution in [1.82, 2.24) is 0 Å². The van der Waals surface area contributed by atoms with Gasteiger partial charge in [0.05, 0.1) is 32.5 Å². The molecule has 27 heavy (non-hydrogen) atoms. The number of methoxy groups -OCH3 is 1. The summed E-state index contributed by atoms with van der Waals surface area (Å²) in [6.07, 6.45) is 0. The third-order valence-electron chi connectivity index (χ3n) is 3.47. The second kappa shape index (κ2) is 9.82. The Morgan fingerprint density at radius 2 is 1.59 bits per heavy atom. The van der Waals surface area contributed by atoms with Crippen LogP contribution in [0, 0.1) is 0 Å². The molecule has 0 unspecified atom stereocenters. The van der Waals surface area contributed by atoms with Crippen LogP contribution < -0.4 is 19.5 Å². The van der Waals surface area contributed by atoms with Crippen molar-refractivity contribution in [1.29, 1.82) is 0 Å². The summed E-state index contributed by atoms with van der Waals surface area (Å²) in [5.74, 6) is 0.407. The largest absolute Gasteiger partial charge is 0.490 e. The van der Waals surface area contributed by atoms with Crippen molar-refractivity contribution in [2.75, 3.05) is 32.2 Å². The Kier molecular flexibility index (Phi) is 7.48. The van der Waals surface area contributed by atoms with Crippen LogP contribution in [-0.4, -0.2) is 38.8 Å². The summed E-state index contributed by atoms with van der Waals surface area (Å²) >= 11 is 1.24. The number of ether oxygens (including phenoxy) is 4. The average Bonchev–Trinajstić information content (AvgIpc) is 3.11. The number of carbonyl (C=O) groups is 2. The SMILES string of the molecule is CCOc1cc(C(=O)Nc2sccc2C(=O)OC)cc(OCC)c1OCC. The summed E-state index contributed by atoms with van der Waals surface area (Å²) in [4.78, 5) is 24.5. The first-order valence-corrected chi connectivity index (χ1v) is 9.47. The van der Waals surface area contributed by atoms with Gasteiger partial charge in [0.1, 0.15) is 5.00 Å². The minimum atomic E-state index is -0.511. The van der Waals surface area contributed by atoms with E-state index < -0.39 is 11.9 Å². The van der Waals surface area contributed by atoms with Crippen LogP contribution in [0.5, 0.6) is 17.2 Å². The van der Waals surface area contributed by atoms with Crippen molar-refractivity contribution in [2.24, 2.45) is 0 Å². The van der Waals surface area contributed by atoms with Crippen molar-refractivity contribution in [3.63, 3.8) is 0 Å². The molecule has 0 aliphatic carbocycles. The summed E-state index contributed by atoms with van der Waals surface area (Å²) in [7, 11) is 1.29. The second-order valence-corrected chi connectivity index (χ2v) is 6.13. The highest BCUT2D eigenvalue weighted by Gasteiger charge is 2.20. The van der Waals surface area contributed by atoms with Crippen molar-refractivity contribution in [2.45, 2.75) is 20.8 Å². The molecule has 0 aliphatic rings. The highest BCUT2D eigenvalue weighted by Crippen LogP contribution is 2.39. The first-order chi connectivity index (χ1) is 13.0. The quantitative estimate of drug-likeness (QED) is 0.649. The van der Waals surface area contributed by atoms with E-state index in [1.807, 2.05) is 20.8 Å². The topological polar surface area (TPSA) is 83.1 Å². The molecule has 1 aromatic heterocycles. The van der Waals surface area contributed by atoms with Crippen LogP contribution >= 0.6 is 11.3 Å². The predicted octanol–water partition coefficient (Wildman–Crippen LogP) is 3.98. The highest BCUT2D eigenvalue weighted by atomic mass is 32.1. The van der Waals surface area contributed by atoms with Crippen LogP contribution in [0.1, 0.15) is 41.5 Å². The van der Waals surface area contributed by atoms with Crippen molar-refractivity contribution >= 4 is 28.2 Å². The molecule has 0 saturated heterocycles. The van der Waals surface area contributed by atoms with Crippen molar-refractivity contribution in [3.8, 4) is 17.2 Å². The van der Waals surface area contributed by atoms with Crippen LogP contribution in [0.3, 0.4) is 0 Å². The van der Waals surface area contributed by atoms with E-state index in [0.717, 1.165) is 0 Å². The Labute approximate surface area is 162 Å². The summed E-state index contributed by atoms with van der Waals surface area (Å²) < 4.78 is 21.6. The summed E-state index contributed by atoms with van der Waals surface area (Å²) in [5, 5.41) is 4.86. The number of anilines is 1. The smallest absolute Gasteiger partial charge is 0.340 e. The van der Waals surface area contributed by atoms with Gasteiger partial charge in [0.25, 0.3) is 5.91 Å². The van der Waals surface area contributed by atoms with E-state index in [0.29, 0.717) is 53.2 Å². The maximum atomic E-state index is 12.7. The maximum Gasteiger partial charge on any atom is 0.340 e. The zero-order valence-corrected chi connectivity index (χ0v) is 16.6. The van der Waals surface area contributed by atoms with E-state index in [2.05, 4.69) is 5.32 Å². The van der Waals surface area contributed by atoms with Gasteiger partial charge in [-0.15, -0.1) is 11.3 Å². The van der Waals surface area contributed by atoms with Crippen LogP contribution in [0.4, 0.5) is 5.00 Å². The molecule has 146 valence electrons. The van der Waals surface area contributed by atoms with E-state index in [-0.39, 0.29) is 0 Å². The molecule has 0 atom stereocenters. The molecule has 2 aromatic rings. The third-order valence-corrected chi connectivity index (χ3v) is 4.30. The first kappa shape index (κ1) is 20.6. The number of rotatable bonds is 9. The molecule has 1 aromatic carbocycles. The van der Waals surface area contributed by atoms with Gasteiger partial charge in [-0.2, -0.15) is 0 Å². The molecule has 0 aliphatic heterocycles. The molecule has 0 fully saturated rings. The summed E-state index contributed by atoms with van der Waals surface area (Å²) in [6.45, 7) is 6.80. The standard InChI is InChI=1S/C19H23NO6S/c1-5-24-14-10-12(11-15(25-6-2)16(14)26-7-3)17(21)20-18-13(8-9-27-18)19(22)23-4/h8-11H,5-7H2,1-4H3,(H,20,21). The van der Waals surface area contributed by atoms with Crippen LogP contribution in [0.15, 0.2) is 23.6 Å². The highest BCUT2D eigenvalue weighted by molar-refractivity contribution is 7.14. The van der Waals surface area contributed by atoms with Gasteiger partial charge in [0, 0.05) is 5.56 Å². The molecule has 0 bridgehead atoms. The number of benzene rings is 1. The minimum Gasteiger partial charge on any atom is -0.490 e. The molecular weight excluding hydrogens is 370 g/mol. The number of hydrogen-bond acceptors (Lipinski definition) is 7. The lowest BCUT2D eigenvalue weighted by molar-refractivity contribution is 0.0602. The first-order valence-electron chi connectivity index (χ1n) is 8.59. The van der Waals surface area contributed by atoms with Crippen LogP contribution in [-0.2, 0) is 4.74 Å². The Hall–Kier alpha value is -2.74. The fourth-order valence-electron chi connectivity index (χ4n) is 2.37. The molecule has 1 amide bonds. The second-order valence-electron chi connectivity index (χ2n) is 5.21. The molecule has 2 rings (SSSR count). The summed E-state index contributed by atoms with van der Waals surface area (Å²) in [5.41, 5.74) is 0.631. The number of esters is 1. The van der Waals surface area contributed by atoms with Gasteiger partial charge in [0.2, 0.25) is 5.75 Å². The van der Waals surface area contributed by atoms with E-state index in [9.17, 15) is 9.59 Å². The minimum absolute atomic E-state index is 0.303. The Bertz CT molecular complexity index is 774. The van der Waals surface area contributed by atoms with Crippen molar-refractivity contribution < 1.29 is 28.5 Å². The van der Waals surface area contributed by atoms with Gasteiger partial charge in [-0.1, -0.05) is 0 Å². The van der Waals surface area contributed by atoms with E-state index in [1.165, 1.54) is 18.4 Å². The normalized spacial score (nSPS) is 10.2. The van der Waals surface area contributed by atoms with Gasteiger partial charge >= 0.3 is 5.97 Å². The lowest BCUT2D eigenvalue weighted by Crippen LogP contribution is -2.14. The van der Waals surface area contributed by atoms with E-state index in [1.54, 1.807) is 23.6 Å². The number of nitrogens with one attached hydrogen (secondary N) is 1.